The summed E-state index contributed by atoms with van der Waals surface area (Å²) in [6, 6.07) is 0. The van der Waals surface area contributed by atoms with Gasteiger partial charge < -0.3 is 4.74 Å². The molecule has 0 N–H and O–H groups in total. The lowest BCUT2D eigenvalue weighted by Gasteiger charge is -1.98. The predicted molar refractivity (Wildman–Crippen MR) is 66.2 cm³/mol. The number of isocyanates is 1. The van der Waals surface area contributed by atoms with Crippen LogP contribution in [0.2, 0.25) is 5.15 Å². The van der Waals surface area contributed by atoms with E-state index in [9.17, 15) is 9.59 Å². The zero-order valence-corrected chi connectivity index (χ0v) is 10.7. The molecule has 0 aliphatic carbocycles. The van der Waals surface area contributed by atoms with E-state index >= 15 is 0 Å². The van der Waals surface area contributed by atoms with Gasteiger partial charge in [-0.1, -0.05) is 11.6 Å². The van der Waals surface area contributed by atoms with E-state index in [4.69, 9.17) is 16.3 Å². The third-order valence-electron chi connectivity index (χ3n) is 1.97. The molecule has 0 fully saturated rings. The molecule has 6 nitrogen and oxygen atoms in total. The highest BCUT2D eigenvalue weighted by Gasteiger charge is 2.21. The van der Waals surface area contributed by atoms with Gasteiger partial charge in [-0.3, -0.25) is 0 Å². The highest BCUT2D eigenvalue weighted by molar-refractivity contribution is 7.21. The van der Waals surface area contributed by atoms with Crippen LogP contribution in [0.1, 0.15) is 16.6 Å². The third-order valence-corrected chi connectivity index (χ3v) is 3.20. The number of nitrogens with zero attached hydrogens (tertiary/aromatic N) is 3. The van der Waals surface area contributed by atoms with E-state index in [1.54, 1.807) is 6.92 Å². The maximum Gasteiger partial charge on any atom is 0.350 e. The lowest BCUT2D eigenvalue weighted by atomic mass is 10.3. The Morgan fingerprint density at radius 2 is 2.44 bits per heavy atom. The van der Waals surface area contributed by atoms with Crippen molar-refractivity contribution >= 4 is 51.0 Å². The molecule has 2 rings (SSSR count). The summed E-state index contributed by atoms with van der Waals surface area (Å²) in [5.41, 5.74) is 0.386. The molecule has 0 bridgehead atoms. The van der Waals surface area contributed by atoms with Gasteiger partial charge in [0.1, 0.15) is 26.1 Å². The van der Waals surface area contributed by atoms with Crippen LogP contribution in [0.15, 0.2) is 11.2 Å². The standard InChI is InChI=1S/C10H6ClN3O3S/c1-2-17-10(16)8-6(13-4-15)7-9(18-8)12-3-5(11)14-7/h3H,2H2,1H3. The summed E-state index contributed by atoms with van der Waals surface area (Å²) < 4.78 is 4.87. The molecular formula is C10H6ClN3O3S. The second kappa shape index (κ2) is 5.22. The monoisotopic (exact) mass is 283 g/mol. The van der Waals surface area contributed by atoms with Gasteiger partial charge in [0.05, 0.1) is 12.8 Å². The Balaban J connectivity index is 2.69. The molecule has 0 unspecified atom stereocenters. The summed E-state index contributed by atoms with van der Waals surface area (Å²) in [4.78, 5) is 34.2. The second-order valence-electron chi connectivity index (χ2n) is 3.05. The first-order valence-electron chi connectivity index (χ1n) is 4.87. The van der Waals surface area contributed by atoms with Gasteiger partial charge in [-0.15, -0.1) is 11.3 Å². The molecule has 2 aromatic heterocycles. The Labute approximate surface area is 110 Å². The number of aliphatic imine (C=N–C) groups is 1. The molecule has 0 aliphatic heterocycles. The van der Waals surface area contributed by atoms with E-state index in [0.29, 0.717) is 10.3 Å². The van der Waals surface area contributed by atoms with E-state index < -0.39 is 5.97 Å². The Morgan fingerprint density at radius 3 is 3.11 bits per heavy atom. The molecule has 0 aromatic carbocycles. The second-order valence-corrected chi connectivity index (χ2v) is 4.44. The van der Waals surface area contributed by atoms with E-state index in [0.717, 1.165) is 11.3 Å². The van der Waals surface area contributed by atoms with Crippen molar-refractivity contribution in [3.8, 4) is 0 Å². The minimum atomic E-state index is -0.576. The van der Waals surface area contributed by atoms with Crippen LogP contribution in [0.5, 0.6) is 0 Å². The largest absolute Gasteiger partial charge is 0.462 e. The van der Waals surface area contributed by atoms with Crippen LogP contribution in [-0.4, -0.2) is 28.6 Å². The number of hydrogen-bond donors (Lipinski definition) is 0. The Hall–Kier alpha value is -1.82. The first-order valence-corrected chi connectivity index (χ1v) is 6.06. The highest BCUT2D eigenvalue weighted by atomic mass is 35.5. The number of carbonyl (C=O) groups excluding carboxylic acids is 2. The molecule has 2 aromatic rings. The first-order chi connectivity index (χ1) is 8.67. The molecule has 0 amide bonds. The number of hydrogen-bond acceptors (Lipinski definition) is 7. The topological polar surface area (TPSA) is 81.5 Å². The van der Waals surface area contributed by atoms with Gasteiger partial charge in [0.2, 0.25) is 6.08 Å². The molecule has 0 aliphatic rings. The van der Waals surface area contributed by atoms with Crippen LogP contribution in [-0.2, 0) is 9.53 Å². The minimum Gasteiger partial charge on any atom is -0.462 e. The van der Waals surface area contributed by atoms with Crippen molar-refractivity contribution in [1.82, 2.24) is 9.97 Å². The maximum absolute atomic E-state index is 11.7. The lowest BCUT2D eigenvalue weighted by molar-refractivity contribution is 0.0533. The average Bonchev–Trinajstić information content (AvgIpc) is 2.69. The van der Waals surface area contributed by atoms with Crippen molar-refractivity contribution < 1.29 is 14.3 Å². The fourth-order valence-corrected chi connectivity index (χ4v) is 2.37. The summed E-state index contributed by atoms with van der Waals surface area (Å²) in [5, 5.41) is 0.151. The quantitative estimate of drug-likeness (QED) is 0.491. The van der Waals surface area contributed by atoms with Gasteiger partial charge in [-0.25, -0.2) is 19.6 Å². The van der Waals surface area contributed by atoms with Crippen LogP contribution in [0, 0.1) is 0 Å². The van der Waals surface area contributed by atoms with Crippen LogP contribution in [0.25, 0.3) is 10.3 Å². The van der Waals surface area contributed by atoms with Gasteiger partial charge >= 0.3 is 5.97 Å². The molecule has 8 heteroatoms. The molecule has 0 atom stereocenters. The maximum atomic E-state index is 11.7. The number of carbonyl (C=O) groups is 1. The van der Waals surface area contributed by atoms with Crippen molar-refractivity contribution in [1.29, 1.82) is 0 Å². The van der Waals surface area contributed by atoms with Crippen LogP contribution >= 0.6 is 22.9 Å². The zero-order valence-electron chi connectivity index (χ0n) is 9.14. The van der Waals surface area contributed by atoms with Crippen molar-refractivity contribution in [2.75, 3.05) is 6.61 Å². The fraction of sp³-hybridized carbons (Fsp3) is 0.200. The molecule has 2 heterocycles. The van der Waals surface area contributed by atoms with Crippen molar-refractivity contribution in [3.05, 3.63) is 16.2 Å². The molecule has 18 heavy (non-hydrogen) atoms. The highest BCUT2D eigenvalue weighted by Crippen LogP contribution is 2.36. The number of thiophene rings is 1. The van der Waals surface area contributed by atoms with Crippen LogP contribution < -0.4 is 0 Å². The number of ether oxygens (including phenoxy) is 1. The summed E-state index contributed by atoms with van der Waals surface area (Å²) in [7, 11) is 0. The van der Waals surface area contributed by atoms with Crippen molar-refractivity contribution in [2.45, 2.75) is 6.92 Å². The number of aromatic nitrogens is 2. The molecule has 0 saturated heterocycles. The number of halogens is 1. The van der Waals surface area contributed by atoms with Gasteiger partial charge in [0.25, 0.3) is 0 Å². The van der Waals surface area contributed by atoms with E-state index in [1.807, 2.05) is 0 Å². The third kappa shape index (κ3) is 2.24. The van der Waals surface area contributed by atoms with Gasteiger partial charge in [-0.05, 0) is 6.92 Å². The fourth-order valence-electron chi connectivity index (χ4n) is 1.32. The van der Waals surface area contributed by atoms with Crippen molar-refractivity contribution in [2.24, 2.45) is 4.99 Å². The number of fused-ring (bicyclic) bond motifs is 1. The van der Waals surface area contributed by atoms with Gasteiger partial charge in [0, 0.05) is 0 Å². The molecule has 0 spiro atoms. The predicted octanol–water partition coefficient (Wildman–Crippen LogP) is 2.49. The summed E-state index contributed by atoms with van der Waals surface area (Å²) in [6.45, 7) is 1.90. The van der Waals surface area contributed by atoms with Crippen LogP contribution in [0.4, 0.5) is 5.69 Å². The summed E-state index contributed by atoms with van der Waals surface area (Å²) in [5.74, 6) is -0.576. The smallest absolute Gasteiger partial charge is 0.350 e. The number of esters is 1. The minimum absolute atomic E-state index is 0.0958. The first kappa shape index (κ1) is 12.6. The normalized spacial score (nSPS) is 10.1. The van der Waals surface area contributed by atoms with Crippen LogP contribution in [0.3, 0.4) is 0 Å². The van der Waals surface area contributed by atoms with Gasteiger partial charge in [0.15, 0.2) is 0 Å². The van der Waals surface area contributed by atoms with E-state index in [1.165, 1.54) is 12.3 Å². The number of rotatable bonds is 3. The Kier molecular flexibility index (Phi) is 3.66. The Bertz CT molecular complexity index is 664. The Morgan fingerprint density at radius 1 is 1.67 bits per heavy atom. The summed E-state index contributed by atoms with van der Waals surface area (Å²) >= 11 is 6.76. The zero-order chi connectivity index (χ0) is 13.1. The SMILES string of the molecule is CCOC(=O)c1sc2ncc(Cl)nc2c1N=C=O. The molecule has 0 saturated carbocycles. The lowest BCUT2D eigenvalue weighted by Crippen LogP contribution is -2.02. The molecule has 0 radical (unpaired) electrons. The van der Waals surface area contributed by atoms with E-state index in [2.05, 4.69) is 15.0 Å². The van der Waals surface area contributed by atoms with Crippen molar-refractivity contribution in [3.63, 3.8) is 0 Å². The van der Waals surface area contributed by atoms with E-state index in [-0.39, 0.29) is 22.3 Å². The molecule has 92 valence electrons. The average molecular weight is 284 g/mol. The summed E-state index contributed by atoms with van der Waals surface area (Å²) in [6.07, 6.45) is 2.73. The van der Waals surface area contributed by atoms with Gasteiger partial charge in [-0.2, -0.15) is 4.99 Å². The molecular weight excluding hydrogens is 278 g/mol.